The average Bonchev–Trinajstić information content (AvgIpc) is 2.71. The Labute approximate surface area is 166 Å². The summed E-state index contributed by atoms with van der Waals surface area (Å²) in [6, 6.07) is 14.4. The lowest BCUT2D eigenvalue weighted by Gasteiger charge is -2.26. The van der Waals surface area contributed by atoms with Gasteiger partial charge in [0.2, 0.25) is 10.0 Å². The molecule has 0 aliphatic carbocycles. The second-order valence-electron chi connectivity index (χ2n) is 6.12. The Kier molecular flexibility index (Phi) is 8.25. The third kappa shape index (κ3) is 5.93. The van der Waals surface area contributed by atoms with Gasteiger partial charge >= 0.3 is 0 Å². The Morgan fingerprint density at radius 3 is 2.07 bits per heavy atom. The van der Waals surface area contributed by atoms with Gasteiger partial charge in [-0.25, -0.2) is 8.42 Å². The van der Waals surface area contributed by atoms with Crippen LogP contribution in [0.25, 0.3) is 0 Å². The third-order valence-corrected chi connectivity index (χ3v) is 6.03. The van der Waals surface area contributed by atoms with Crippen LogP contribution in [-0.2, 0) is 31.8 Å². The zero-order chi connectivity index (χ0) is 20.6. The van der Waals surface area contributed by atoms with Gasteiger partial charge in [0.15, 0.2) is 17.8 Å². The molecule has 0 radical (unpaired) electrons. The Morgan fingerprint density at radius 2 is 1.50 bits per heavy atom. The Morgan fingerprint density at radius 1 is 0.857 bits per heavy atom. The largest absolute Gasteiger partial charge is 0.493 e. The van der Waals surface area contributed by atoms with E-state index in [0.29, 0.717) is 17.1 Å². The van der Waals surface area contributed by atoms with Gasteiger partial charge in [-0.2, -0.15) is 4.31 Å². The van der Waals surface area contributed by atoms with Gasteiger partial charge in [-0.1, -0.05) is 36.4 Å². The smallest absolute Gasteiger partial charge is 0.218 e. The monoisotopic (exact) mass is 409 g/mol. The van der Waals surface area contributed by atoms with Gasteiger partial charge in [0.1, 0.15) is 0 Å². The normalized spacial score (nSPS) is 11.8. The van der Waals surface area contributed by atoms with Crippen molar-refractivity contribution in [3.8, 4) is 11.5 Å². The standard InChI is InChI=1S/C20H27NO6S/c1-24-18-11-10-17(12-19(18)25-2)13-21(14-20(26-3)27-4)28(22,23)15-16-8-6-5-7-9-16/h5-12,20H,13-15H2,1-4H3. The van der Waals surface area contributed by atoms with E-state index in [-0.39, 0.29) is 18.8 Å². The molecule has 0 aromatic heterocycles. The van der Waals surface area contributed by atoms with Crippen molar-refractivity contribution in [3.63, 3.8) is 0 Å². The predicted molar refractivity (Wildman–Crippen MR) is 107 cm³/mol. The number of hydrogen-bond acceptors (Lipinski definition) is 6. The van der Waals surface area contributed by atoms with E-state index in [4.69, 9.17) is 18.9 Å². The molecule has 0 bridgehead atoms. The van der Waals surface area contributed by atoms with E-state index in [1.54, 1.807) is 37.4 Å². The fraction of sp³-hybridized carbons (Fsp3) is 0.400. The minimum absolute atomic E-state index is 0.0660. The summed E-state index contributed by atoms with van der Waals surface area (Å²) >= 11 is 0. The van der Waals surface area contributed by atoms with Gasteiger partial charge in [-0.15, -0.1) is 0 Å². The van der Waals surface area contributed by atoms with Crippen LogP contribution in [0.3, 0.4) is 0 Å². The number of benzene rings is 2. The van der Waals surface area contributed by atoms with Crippen LogP contribution in [0.15, 0.2) is 48.5 Å². The summed E-state index contributed by atoms with van der Waals surface area (Å²) in [5.41, 5.74) is 1.48. The van der Waals surface area contributed by atoms with E-state index < -0.39 is 16.3 Å². The average molecular weight is 410 g/mol. The number of hydrogen-bond donors (Lipinski definition) is 0. The first-order valence-electron chi connectivity index (χ1n) is 8.71. The number of methoxy groups -OCH3 is 4. The van der Waals surface area contributed by atoms with E-state index in [2.05, 4.69) is 0 Å². The van der Waals surface area contributed by atoms with E-state index in [9.17, 15) is 8.42 Å². The topological polar surface area (TPSA) is 74.3 Å². The molecular formula is C20H27NO6S. The maximum absolute atomic E-state index is 13.1. The van der Waals surface area contributed by atoms with Crippen molar-refractivity contribution in [2.75, 3.05) is 35.0 Å². The van der Waals surface area contributed by atoms with Crippen LogP contribution in [0.2, 0.25) is 0 Å². The lowest BCUT2D eigenvalue weighted by molar-refractivity contribution is -0.108. The lowest BCUT2D eigenvalue weighted by Crippen LogP contribution is -2.39. The number of rotatable bonds is 11. The van der Waals surface area contributed by atoms with Crippen LogP contribution >= 0.6 is 0 Å². The maximum Gasteiger partial charge on any atom is 0.218 e. The molecule has 0 aliphatic heterocycles. The summed E-state index contributed by atoms with van der Waals surface area (Å²) in [5, 5.41) is 0. The van der Waals surface area contributed by atoms with Gasteiger partial charge in [0.25, 0.3) is 0 Å². The Hall–Kier alpha value is -2.13. The summed E-state index contributed by atoms with van der Waals surface area (Å²) in [7, 11) is 2.43. The summed E-state index contributed by atoms with van der Waals surface area (Å²) in [5.74, 6) is 1.01. The fourth-order valence-corrected chi connectivity index (χ4v) is 4.24. The van der Waals surface area contributed by atoms with Crippen LogP contribution in [-0.4, -0.2) is 54.0 Å². The van der Waals surface area contributed by atoms with Crippen molar-refractivity contribution < 1.29 is 27.4 Å². The maximum atomic E-state index is 13.1. The van der Waals surface area contributed by atoms with Gasteiger partial charge in [-0.05, 0) is 23.3 Å². The molecule has 8 heteroatoms. The Balaban J connectivity index is 2.31. The molecule has 2 aromatic rings. The van der Waals surface area contributed by atoms with Gasteiger partial charge in [0, 0.05) is 20.8 Å². The van der Waals surface area contributed by atoms with Crippen LogP contribution in [0.4, 0.5) is 0 Å². The fourth-order valence-electron chi connectivity index (χ4n) is 2.75. The highest BCUT2D eigenvalue weighted by molar-refractivity contribution is 7.88. The number of ether oxygens (including phenoxy) is 4. The Bertz CT molecular complexity index is 837. The summed E-state index contributed by atoms with van der Waals surface area (Å²) in [6.07, 6.45) is -0.675. The summed E-state index contributed by atoms with van der Waals surface area (Å²) in [6.45, 7) is 0.218. The molecule has 0 saturated carbocycles. The van der Waals surface area contributed by atoms with Crippen molar-refractivity contribution in [1.29, 1.82) is 0 Å². The highest BCUT2D eigenvalue weighted by atomic mass is 32.2. The molecule has 0 fully saturated rings. The minimum atomic E-state index is -3.62. The second-order valence-corrected chi connectivity index (χ2v) is 8.09. The molecule has 2 rings (SSSR count). The molecular weight excluding hydrogens is 382 g/mol. The molecule has 0 spiro atoms. The van der Waals surface area contributed by atoms with Gasteiger partial charge < -0.3 is 18.9 Å². The van der Waals surface area contributed by atoms with Crippen molar-refractivity contribution >= 4 is 10.0 Å². The van der Waals surface area contributed by atoms with Crippen LogP contribution in [0.5, 0.6) is 11.5 Å². The zero-order valence-electron chi connectivity index (χ0n) is 16.6. The highest BCUT2D eigenvalue weighted by Gasteiger charge is 2.26. The molecule has 0 aliphatic rings. The van der Waals surface area contributed by atoms with Crippen molar-refractivity contribution in [2.24, 2.45) is 0 Å². The predicted octanol–water partition coefficient (Wildman–Crippen LogP) is 2.65. The lowest BCUT2D eigenvalue weighted by atomic mass is 10.2. The first kappa shape index (κ1) is 22.2. The molecule has 0 heterocycles. The zero-order valence-corrected chi connectivity index (χ0v) is 17.4. The van der Waals surface area contributed by atoms with Crippen molar-refractivity contribution in [1.82, 2.24) is 4.31 Å². The molecule has 28 heavy (non-hydrogen) atoms. The third-order valence-electron chi connectivity index (χ3n) is 4.27. The number of sulfonamides is 1. The summed E-state index contributed by atoms with van der Waals surface area (Å²) < 4.78 is 48.6. The van der Waals surface area contributed by atoms with Crippen LogP contribution in [0, 0.1) is 0 Å². The van der Waals surface area contributed by atoms with E-state index in [1.807, 2.05) is 18.2 Å². The number of nitrogens with zero attached hydrogens (tertiary/aromatic N) is 1. The summed E-state index contributed by atoms with van der Waals surface area (Å²) in [4.78, 5) is 0. The second kappa shape index (κ2) is 10.4. The molecule has 2 aromatic carbocycles. The van der Waals surface area contributed by atoms with E-state index in [0.717, 1.165) is 5.56 Å². The molecule has 0 N–H and O–H groups in total. The highest BCUT2D eigenvalue weighted by Crippen LogP contribution is 2.28. The molecule has 0 saturated heterocycles. The van der Waals surface area contributed by atoms with Gasteiger partial charge in [-0.3, -0.25) is 0 Å². The molecule has 154 valence electrons. The molecule has 0 unspecified atom stereocenters. The van der Waals surface area contributed by atoms with E-state index in [1.165, 1.54) is 25.6 Å². The first-order chi connectivity index (χ1) is 13.4. The SMILES string of the molecule is COc1ccc(CN(CC(OC)OC)S(=O)(=O)Cc2ccccc2)cc1OC. The quantitative estimate of drug-likeness (QED) is 0.531. The van der Waals surface area contributed by atoms with Crippen molar-refractivity contribution in [3.05, 3.63) is 59.7 Å². The molecule has 0 atom stereocenters. The van der Waals surface area contributed by atoms with Crippen LogP contribution in [0.1, 0.15) is 11.1 Å². The van der Waals surface area contributed by atoms with Gasteiger partial charge in [0.05, 0.1) is 26.5 Å². The first-order valence-corrected chi connectivity index (χ1v) is 10.3. The molecule has 0 amide bonds. The molecule has 7 nitrogen and oxygen atoms in total. The van der Waals surface area contributed by atoms with E-state index >= 15 is 0 Å². The van der Waals surface area contributed by atoms with Crippen LogP contribution < -0.4 is 9.47 Å². The minimum Gasteiger partial charge on any atom is -0.493 e. The van der Waals surface area contributed by atoms with Crippen molar-refractivity contribution in [2.45, 2.75) is 18.6 Å².